The number of phenols is 1. The van der Waals surface area contributed by atoms with E-state index in [1.807, 2.05) is 6.07 Å². The largest absolute Gasteiger partial charge is 0.508 e. The number of carbonyl (C=O) groups is 3. The summed E-state index contributed by atoms with van der Waals surface area (Å²) in [5.41, 5.74) is 9.66. The molecule has 1 saturated carbocycles. The van der Waals surface area contributed by atoms with Crippen LogP contribution in [0.15, 0.2) is 23.0 Å². The number of primary amides is 1. The van der Waals surface area contributed by atoms with Gasteiger partial charge in [0.1, 0.15) is 22.8 Å². The van der Waals surface area contributed by atoms with E-state index in [2.05, 4.69) is 6.92 Å². The zero-order valence-corrected chi connectivity index (χ0v) is 20.7. The highest BCUT2D eigenvalue weighted by atomic mass is 16.3. The van der Waals surface area contributed by atoms with Crippen LogP contribution >= 0.6 is 0 Å². The Bertz CT molecular complexity index is 1230. The molecule has 1 aromatic carbocycles. The maximum Gasteiger partial charge on any atom is 0.255 e. The van der Waals surface area contributed by atoms with Gasteiger partial charge in [-0.25, -0.2) is 0 Å². The molecule has 3 aliphatic carbocycles. The molecule has 8 N–H and O–H groups in total. The van der Waals surface area contributed by atoms with Gasteiger partial charge in [-0.1, -0.05) is 19.4 Å². The maximum atomic E-state index is 13.9. The van der Waals surface area contributed by atoms with Crippen molar-refractivity contribution in [2.75, 3.05) is 14.1 Å². The number of hydrogen-bond donors (Lipinski definition) is 6. The van der Waals surface area contributed by atoms with Crippen molar-refractivity contribution < 1.29 is 34.8 Å². The number of likely N-dealkylation sites (N-methyl/N-ethyl adjacent to an activating group) is 1. The van der Waals surface area contributed by atoms with Crippen LogP contribution in [0.4, 0.5) is 0 Å². The van der Waals surface area contributed by atoms with Crippen LogP contribution in [0.5, 0.6) is 5.75 Å². The molecule has 3 aliphatic rings. The van der Waals surface area contributed by atoms with Gasteiger partial charge in [0, 0.05) is 23.6 Å². The number of phenolic OH excluding ortho intramolecular Hbond substituents is 1. The predicted octanol–water partition coefficient (Wildman–Crippen LogP) is 0.765. The third kappa shape index (κ3) is 3.47. The fourth-order valence-corrected chi connectivity index (χ4v) is 6.20. The predicted molar refractivity (Wildman–Crippen MR) is 131 cm³/mol. The van der Waals surface area contributed by atoms with Crippen LogP contribution in [0.1, 0.15) is 48.4 Å². The molecule has 0 radical (unpaired) electrons. The number of nitrogens with two attached hydrogens (primary N) is 2. The minimum Gasteiger partial charge on any atom is -0.508 e. The second-order valence-corrected chi connectivity index (χ2v) is 10.2. The molecule has 0 bridgehead atoms. The third-order valence-corrected chi connectivity index (χ3v) is 7.91. The molecule has 10 nitrogen and oxygen atoms in total. The van der Waals surface area contributed by atoms with E-state index in [1.54, 1.807) is 14.1 Å². The Labute approximate surface area is 208 Å². The maximum absolute atomic E-state index is 13.9. The minimum absolute atomic E-state index is 0.0162. The van der Waals surface area contributed by atoms with Crippen molar-refractivity contribution in [3.05, 3.63) is 45.2 Å². The molecule has 0 aromatic heterocycles. The molecular weight excluding hydrogens is 466 g/mol. The van der Waals surface area contributed by atoms with E-state index < -0.39 is 58.0 Å². The number of rotatable bonds is 6. The van der Waals surface area contributed by atoms with Gasteiger partial charge in [-0.3, -0.25) is 19.3 Å². The van der Waals surface area contributed by atoms with Crippen LogP contribution in [0, 0.1) is 11.8 Å². The summed E-state index contributed by atoms with van der Waals surface area (Å²) in [5, 5.41) is 44.8. The molecule has 194 valence electrons. The van der Waals surface area contributed by atoms with Crippen molar-refractivity contribution in [3.63, 3.8) is 0 Å². The average molecular weight is 500 g/mol. The first-order chi connectivity index (χ1) is 16.9. The first-order valence-electron chi connectivity index (χ1n) is 12.1. The number of aliphatic hydroxyl groups is 3. The number of nitrogens with zero attached hydrogens (tertiary/aromatic N) is 1. The number of carbonyl (C=O) groups excluding carboxylic acids is 3. The molecule has 1 amide bonds. The van der Waals surface area contributed by atoms with E-state index >= 15 is 0 Å². The molecule has 0 heterocycles. The summed E-state index contributed by atoms with van der Waals surface area (Å²) in [6.07, 6.45) is 2.84. The van der Waals surface area contributed by atoms with Gasteiger partial charge in [0.2, 0.25) is 5.78 Å². The van der Waals surface area contributed by atoms with Crippen molar-refractivity contribution in [2.45, 2.75) is 57.2 Å². The molecule has 10 heteroatoms. The van der Waals surface area contributed by atoms with Gasteiger partial charge >= 0.3 is 0 Å². The first kappa shape index (κ1) is 25.9. The number of ketones is 2. The molecule has 0 aliphatic heterocycles. The Balaban J connectivity index is 1.97. The number of aliphatic hydroxyl groups excluding tert-OH is 2. The molecule has 1 aromatic rings. The Morgan fingerprint density at radius 1 is 1.19 bits per heavy atom. The van der Waals surface area contributed by atoms with E-state index in [9.17, 15) is 34.8 Å². The van der Waals surface area contributed by atoms with Gasteiger partial charge in [-0.15, -0.1) is 0 Å². The van der Waals surface area contributed by atoms with Gasteiger partial charge < -0.3 is 31.9 Å². The highest BCUT2D eigenvalue weighted by molar-refractivity contribution is 6.24. The number of benzene rings is 1. The molecular formula is C26H33N3O7. The number of aryl methyl sites for hydroxylation is 1. The second-order valence-electron chi connectivity index (χ2n) is 10.2. The lowest BCUT2D eigenvalue weighted by Gasteiger charge is -2.50. The first-order valence-corrected chi connectivity index (χ1v) is 12.1. The van der Waals surface area contributed by atoms with Crippen molar-refractivity contribution in [2.24, 2.45) is 23.3 Å². The van der Waals surface area contributed by atoms with Crippen molar-refractivity contribution in [1.29, 1.82) is 0 Å². The standard InChI is InChI=1S/C26H33N3O7/c1-4-5-6-11-7-13(10-27)20(30)17-14(11)8-12-9-15-19(29(2)3)22(32)18(25(28)35)24(34)26(15,36)23(33)16(12)21(17)31/h7,12,15,19,30-31,34,36H,4-6,8-10,27H2,1-3H3,(H2,28,35)/t12-,15-,19-,26-/m1/s1. The summed E-state index contributed by atoms with van der Waals surface area (Å²) in [6, 6.07) is 0.721. The molecule has 4 rings (SSSR count). The van der Waals surface area contributed by atoms with Crippen LogP contribution < -0.4 is 11.5 Å². The van der Waals surface area contributed by atoms with Crippen LogP contribution in [-0.2, 0) is 33.8 Å². The van der Waals surface area contributed by atoms with E-state index in [0.717, 1.165) is 18.4 Å². The highest BCUT2D eigenvalue weighted by Crippen LogP contribution is 2.53. The van der Waals surface area contributed by atoms with Gasteiger partial charge in [-0.2, -0.15) is 0 Å². The van der Waals surface area contributed by atoms with Crippen molar-refractivity contribution >= 4 is 23.2 Å². The molecule has 36 heavy (non-hydrogen) atoms. The molecule has 4 atom stereocenters. The van der Waals surface area contributed by atoms with Crippen LogP contribution in [-0.4, -0.2) is 68.5 Å². The fourth-order valence-electron chi connectivity index (χ4n) is 6.20. The highest BCUT2D eigenvalue weighted by Gasteiger charge is 2.64. The van der Waals surface area contributed by atoms with Gasteiger partial charge in [0.15, 0.2) is 11.4 Å². The Morgan fingerprint density at radius 2 is 1.86 bits per heavy atom. The summed E-state index contributed by atoms with van der Waals surface area (Å²) >= 11 is 0. The molecule has 0 unspecified atom stereocenters. The van der Waals surface area contributed by atoms with E-state index in [0.29, 0.717) is 17.5 Å². The summed E-state index contributed by atoms with van der Waals surface area (Å²) in [5.74, 6) is -6.54. The summed E-state index contributed by atoms with van der Waals surface area (Å²) < 4.78 is 0. The van der Waals surface area contributed by atoms with Crippen LogP contribution in [0.25, 0.3) is 5.76 Å². The zero-order valence-electron chi connectivity index (χ0n) is 20.7. The van der Waals surface area contributed by atoms with Gasteiger partial charge in [0.05, 0.1) is 11.6 Å². The number of amides is 1. The number of aromatic hydroxyl groups is 1. The van der Waals surface area contributed by atoms with Crippen molar-refractivity contribution in [1.82, 2.24) is 4.90 Å². The quantitative estimate of drug-likeness (QED) is 0.307. The number of fused-ring (bicyclic) bond motifs is 3. The Morgan fingerprint density at radius 3 is 2.42 bits per heavy atom. The van der Waals surface area contributed by atoms with Crippen molar-refractivity contribution in [3.8, 4) is 5.75 Å². The van der Waals surface area contributed by atoms with Gasteiger partial charge in [0.25, 0.3) is 5.91 Å². The lowest BCUT2D eigenvalue weighted by molar-refractivity contribution is -0.153. The number of hydrogen-bond acceptors (Lipinski definition) is 9. The zero-order chi connectivity index (χ0) is 26.7. The Kier molecular flexibility index (Phi) is 6.48. The second kappa shape index (κ2) is 9.02. The average Bonchev–Trinajstić information content (AvgIpc) is 2.80. The van der Waals surface area contributed by atoms with Gasteiger partial charge in [-0.05, 0) is 56.8 Å². The molecule has 0 saturated heterocycles. The van der Waals surface area contributed by atoms with Crippen LogP contribution in [0.3, 0.4) is 0 Å². The smallest absolute Gasteiger partial charge is 0.255 e. The number of unbranched alkanes of at least 4 members (excludes halogenated alkanes) is 1. The SMILES string of the molecule is CCCCc1cc(CN)c(O)c2c1C[C@@H]1C[C@@H]3[C@@H](N(C)C)C(=O)C(C(N)=O)=C(O)[C@]3(O)C(=O)C1=C2O. The monoisotopic (exact) mass is 499 g/mol. The molecule has 0 spiro atoms. The fraction of sp³-hybridized carbons (Fsp3) is 0.500. The van der Waals surface area contributed by atoms with Crippen LogP contribution in [0.2, 0.25) is 0 Å². The normalized spacial score (nSPS) is 27.8. The third-order valence-electron chi connectivity index (χ3n) is 7.91. The lowest BCUT2D eigenvalue weighted by atomic mass is 9.57. The van der Waals surface area contributed by atoms with E-state index in [4.69, 9.17) is 11.5 Å². The summed E-state index contributed by atoms with van der Waals surface area (Å²) in [7, 11) is 3.14. The topological polar surface area (TPSA) is 187 Å². The van der Waals surface area contributed by atoms with E-state index in [1.165, 1.54) is 4.90 Å². The summed E-state index contributed by atoms with van der Waals surface area (Å²) in [6.45, 7) is 2.07. The Hall–Kier alpha value is -3.21. The lowest BCUT2D eigenvalue weighted by Crippen LogP contribution is -2.65. The number of Topliss-reactive ketones (excluding diaryl/α,β-unsaturated/α-hetero) is 2. The molecule has 1 fully saturated rings. The summed E-state index contributed by atoms with van der Waals surface area (Å²) in [4.78, 5) is 40.5. The van der Waals surface area contributed by atoms with E-state index in [-0.39, 0.29) is 36.3 Å². The minimum atomic E-state index is -2.64.